The van der Waals surface area contributed by atoms with E-state index in [9.17, 15) is 4.79 Å². The second-order valence-corrected chi connectivity index (χ2v) is 10.9. The van der Waals surface area contributed by atoms with Crippen molar-refractivity contribution in [1.29, 1.82) is 0 Å². The maximum atomic E-state index is 13.0. The van der Waals surface area contributed by atoms with Crippen molar-refractivity contribution >= 4 is 34.4 Å². The fraction of sp³-hybridized carbons (Fsp3) is 0.276. The molecule has 0 fully saturated rings. The molecule has 0 radical (unpaired) electrons. The lowest BCUT2D eigenvalue weighted by molar-refractivity contribution is 0.262. The zero-order valence-electron chi connectivity index (χ0n) is 23.0. The molecule has 0 saturated heterocycles. The number of nitrogen functional groups attached to an aromatic ring is 1. The van der Waals surface area contributed by atoms with Gasteiger partial charge in [0, 0.05) is 29.8 Å². The highest BCUT2D eigenvalue weighted by molar-refractivity contribution is 6.00. The van der Waals surface area contributed by atoms with Crippen molar-refractivity contribution in [2.45, 2.75) is 46.0 Å². The molecule has 39 heavy (non-hydrogen) atoms. The lowest BCUT2D eigenvalue weighted by Gasteiger charge is -2.14. The third-order valence-corrected chi connectivity index (χ3v) is 6.59. The normalized spacial score (nSPS) is 11.8. The number of aryl methyl sites for hydroxylation is 1. The number of hydrogen-bond acceptors (Lipinski definition) is 6. The van der Waals surface area contributed by atoms with Gasteiger partial charge in [0.2, 0.25) is 0 Å². The smallest absolute Gasteiger partial charge is 0.324 e. The van der Waals surface area contributed by atoms with Crippen LogP contribution in [0.5, 0.6) is 0 Å². The molecule has 2 aromatic carbocycles. The lowest BCUT2D eigenvalue weighted by atomic mass is 9.92. The molecule has 0 aliphatic carbocycles. The molecule has 5 rings (SSSR count). The molecular formula is C29H33N9O. The molecule has 2 amide bonds. The maximum absolute atomic E-state index is 13.0. The molecule has 0 aliphatic rings. The van der Waals surface area contributed by atoms with Gasteiger partial charge in [0.1, 0.15) is 23.7 Å². The van der Waals surface area contributed by atoms with Gasteiger partial charge in [-0.15, -0.1) is 0 Å². The molecule has 0 atom stereocenters. The van der Waals surface area contributed by atoms with Gasteiger partial charge in [0.15, 0.2) is 5.65 Å². The van der Waals surface area contributed by atoms with E-state index in [1.54, 1.807) is 9.36 Å². The highest BCUT2D eigenvalue weighted by Crippen LogP contribution is 2.31. The van der Waals surface area contributed by atoms with Gasteiger partial charge in [0.05, 0.1) is 16.8 Å². The molecule has 3 aromatic heterocycles. The van der Waals surface area contributed by atoms with Crippen LogP contribution < -0.4 is 16.4 Å². The van der Waals surface area contributed by atoms with E-state index < -0.39 is 0 Å². The van der Waals surface area contributed by atoms with Crippen LogP contribution in [-0.4, -0.2) is 35.6 Å². The molecular weight excluding hydrogens is 490 g/mol. The van der Waals surface area contributed by atoms with Gasteiger partial charge in [-0.3, -0.25) is 5.32 Å². The van der Waals surface area contributed by atoms with Crippen LogP contribution in [-0.2, 0) is 12.5 Å². The number of anilines is 3. The summed E-state index contributed by atoms with van der Waals surface area (Å²) in [7, 11) is 1.81. The first-order valence-corrected chi connectivity index (χ1v) is 12.8. The zero-order chi connectivity index (χ0) is 27.9. The lowest BCUT2D eigenvalue weighted by Crippen LogP contribution is -2.21. The van der Waals surface area contributed by atoms with Crippen LogP contribution in [0.4, 0.5) is 22.1 Å². The minimum absolute atomic E-state index is 0.185. The molecule has 0 unspecified atom stereocenters. The number of carbonyl (C=O) groups is 1. The molecule has 0 spiro atoms. The van der Waals surface area contributed by atoms with Gasteiger partial charge in [0.25, 0.3) is 0 Å². The number of aromatic nitrogens is 6. The van der Waals surface area contributed by atoms with E-state index in [1.165, 1.54) is 11.9 Å². The van der Waals surface area contributed by atoms with Crippen molar-refractivity contribution < 1.29 is 4.79 Å². The molecule has 3 heterocycles. The molecule has 10 heteroatoms. The van der Waals surface area contributed by atoms with E-state index in [1.807, 2.05) is 49.5 Å². The van der Waals surface area contributed by atoms with Crippen molar-refractivity contribution in [1.82, 2.24) is 29.5 Å². The Balaban J connectivity index is 1.37. The number of urea groups is 1. The van der Waals surface area contributed by atoms with E-state index >= 15 is 0 Å². The van der Waals surface area contributed by atoms with E-state index in [0.717, 1.165) is 16.9 Å². The van der Waals surface area contributed by atoms with E-state index in [-0.39, 0.29) is 11.4 Å². The number of amides is 2. The van der Waals surface area contributed by atoms with Gasteiger partial charge in [-0.1, -0.05) is 58.9 Å². The Morgan fingerprint density at radius 2 is 1.64 bits per heavy atom. The highest BCUT2D eigenvalue weighted by atomic mass is 16.2. The largest absolute Gasteiger partial charge is 0.383 e. The Labute approximate surface area is 227 Å². The second-order valence-electron chi connectivity index (χ2n) is 10.9. The van der Waals surface area contributed by atoms with Crippen LogP contribution in [0.25, 0.3) is 28.0 Å². The Bertz CT molecular complexity index is 1640. The number of benzene rings is 2. The molecule has 10 nitrogen and oxygen atoms in total. The number of nitrogens with one attached hydrogen (secondary N) is 2. The quantitative estimate of drug-likeness (QED) is 0.265. The standard InChI is InChI=1S/C29H33N9O/c1-17(2)18-9-13-21(14-10-18)38-23(15-22(35-38)29(3,4)5)34-28(39)33-20-11-7-19(8-12-20)25-24-26(30)31-16-32-27(24)37(6)36-25/h7-17H,1-6H3,(H2,30,31,32)(H2,33,34,39). The van der Waals surface area contributed by atoms with Crippen LogP contribution in [0.2, 0.25) is 0 Å². The summed E-state index contributed by atoms with van der Waals surface area (Å²) in [6, 6.07) is 17.2. The number of fused-ring (bicyclic) bond motifs is 1. The Hall–Kier alpha value is -4.73. The summed E-state index contributed by atoms with van der Waals surface area (Å²) in [4.78, 5) is 21.4. The summed E-state index contributed by atoms with van der Waals surface area (Å²) in [5.74, 6) is 1.38. The predicted octanol–water partition coefficient (Wildman–Crippen LogP) is 5.86. The highest BCUT2D eigenvalue weighted by Gasteiger charge is 2.22. The molecule has 4 N–H and O–H groups in total. The van der Waals surface area contributed by atoms with Gasteiger partial charge in [-0.25, -0.2) is 24.1 Å². The summed E-state index contributed by atoms with van der Waals surface area (Å²) >= 11 is 0. The first kappa shape index (κ1) is 25.9. The number of rotatable bonds is 5. The van der Waals surface area contributed by atoms with Crippen molar-refractivity contribution in [3.05, 3.63) is 72.2 Å². The molecule has 200 valence electrons. The summed E-state index contributed by atoms with van der Waals surface area (Å²) < 4.78 is 3.44. The number of carbonyl (C=O) groups excluding carboxylic acids is 1. The molecule has 0 aliphatic heterocycles. The first-order chi connectivity index (χ1) is 18.5. The van der Waals surface area contributed by atoms with Crippen LogP contribution in [0, 0.1) is 0 Å². The van der Waals surface area contributed by atoms with Gasteiger partial charge in [-0.2, -0.15) is 10.2 Å². The number of nitrogens with two attached hydrogens (primary N) is 1. The SMILES string of the molecule is CC(C)c1ccc(-n2nc(C(C)(C)C)cc2NC(=O)Nc2ccc(-c3nn(C)c4ncnc(N)c34)cc2)cc1. The predicted molar refractivity (Wildman–Crippen MR) is 155 cm³/mol. The third-order valence-electron chi connectivity index (χ3n) is 6.59. The number of hydrogen-bond donors (Lipinski definition) is 3. The second kappa shape index (κ2) is 9.86. The fourth-order valence-corrected chi connectivity index (χ4v) is 4.34. The van der Waals surface area contributed by atoms with Crippen molar-refractivity contribution in [2.24, 2.45) is 7.05 Å². The van der Waals surface area contributed by atoms with Crippen molar-refractivity contribution in [3.8, 4) is 16.9 Å². The molecule has 0 bridgehead atoms. The molecule has 0 saturated carbocycles. The van der Waals surface area contributed by atoms with Gasteiger partial charge in [-0.05, 0) is 35.7 Å². The first-order valence-electron chi connectivity index (χ1n) is 12.8. The van der Waals surface area contributed by atoms with Gasteiger partial charge < -0.3 is 11.1 Å². The Morgan fingerprint density at radius 3 is 2.28 bits per heavy atom. The summed E-state index contributed by atoms with van der Waals surface area (Å²) in [5.41, 5.74) is 11.7. The maximum Gasteiger partial charge on any atom is 0.324 e. The average molecular weight is 524 g/mol. The zero-order valence-corrected chi connectivity index (χ0v) is 23.0. The van der Waals surface area contributed by atoms with Crippen LogP contribution in [0.15, 0.2) is 60.9 Å². The van der Waals surface area contributed by atoms with E-state index in [4.69, 9.17) is 10.8 Å². The van der Waals surface area contributed by atoms with Crippen LogP contribution in [0.3, 0.4) is 0 Å². The Morgan fingerprint density at radius 1 is 0.949 bits per heavy atom. The minimum Gasteiger partial charge on any atom is -0.383 e. The summed E-state index contributed by atoms with van der Waals surface area (Å²) in [6.45, 7) is 10.6. The number of nitrogens with zero attached hydrogens (tertiary/aromatic N) is 6. The van der Waals surface area contributed by atoms with E-state index in [2.05, 4.69) is 72.5 Å². The topological polar surface area (TPSA) is 129 Å². The summed E-state index contributed by atoms with van der Waals surface area (Å²) in [5, 5.41) is 16.0. The third kappa shape index (κ3) is 5.18. The van der Waals surface area contributed by atoms with Crippen molar-refractivity contribution in [2.75, 3.05) is 16.4 Å². The Kier molecular flexibility index (Phi) is 6.55. The average Bonchev–Trinajstić information content (AvgIpc) is 3.47. The molecule has 5 aromatic rings. The van der Waals surface area contributed by atoms with Crippen LogP contribution in [0.1, 0.15) is 51.8 Å². The van der Waals surface area contributed by atoms with Crippen molar-refractivity contribution in [3.63, 3.8) is 0 Å². The summed E-state index contributed by atoms with van der Waals surface area (Å²) in [6.07, 6.45) is 1.42. The van der Waals surface area contributed by atoms with E-state index in [0.29, 0.717) is 40.0 Å². The minimum atomic E-state index is -0.371. The van der Waals surface area contributed by atoms with Gasteiger partial charge >= 0.3 is 6.03 Å². The monoisotopic (exact) mass is 523 g/mol. The van der Waals surface area contributed by atoms with Crippen LogP contribution >= 0.6 is 0 Å². The fourth-order valence-electron chi connectivity index (χ4n) is 4.34.